The topological polar surface area (TPSA) is 112 Å². The Morgan fingerprint density at radius 1 is 0.596 bits per heavy atom. The zero-order valence-electron chi connectivity index (χ0n) is 27.2. The molecule has 2 aliphatic rings. The predicted octanol–water partition coefficient (Wildman–Crippen LogP) is 7.53. The van der Waals surface area contributed by atoms with Gasteiger partial charge < -0.3 is 20.6 Å². The summed E-state index contributed by atoms with van der Waals surface area (Å²) < 4.78 is 2.16. The molecule has 2 atom stereocenters. The average Bonchev–Trinajstić information content (AvgIpc) is 3.94. The van der Waals surface area contributed by atoms with Crippen LogP contribution in [-0.4, -0.2) is 47.8 Å². The van der Waals surface area contributed by atoms with Gasteiger partial charge in [-0.3, -0.25) is 4.57 Å². The van der Waals surface area contributed by atoms with Gasteiger partial charge in [0.15, 0.2) is 11.6 Å². The van der Waals surface area contributed by atoms with Gasteiger partial charge in [-0.15, -0.1) is 10.2 Å². The molecular formula is C38H41N9. The summed E-state index contributed by atoms with van der Waals surface area (Å²) >= 11 is 0. The van der Waals surface area contributed by atoms with Crippen molar-refractivity contribution in [3.63, 3.8) is 0 Å². The van der Waals surface area contributed by atoms with Gasteiger partial charge in [0, 0.05) is 16.8 Å². The Morgan fingerprint density at radius 2 is 1.04 bits per heavy atom. The molecule has 2 fully saturated rings. The monoisotopic (exact) mass is 623 g/mol. The SMILES string of the molecule is CC(C)(C)c1ccc(-n2c(-c3ccc(-c4cnc(C5CCCN5)[nH]4)cc3)nnc2-c2ccc(-c3cnc(C4CCCN4)[nH]3)cc2)cc1. The summed E-state index contributed by atoms with van der Waals surface area (Å²) in [5.74, 6) is 3.60. The molecule has 0 saturated carbocycles. The van der Waals surface area contributed by atoms with Gasteiger partial charge in [0.1, 0.15) is 11.6 Å². The highest BCUT2D eigenvalue weighted by molar-refractivity contribution is 5.71. The van der Waals surface area contributed by atoms with Gasteiger partial charge in [0.2, 0.25) is 0 Å². The smallest absolute Gasteiger partial charge is 0.168 e. The molecule has 2 saturated heterocycles. The second-order valence-electron chi connectivity index (χ2n) is 13.8. The Morgan fingerprint density at radius 3 is 1.45 bits per heavy atom. The molecule has 0 aliphatic carbocycles. The lowest BCUT2D eigenvalue weighted by Crippen LogP contribution is -2.14. The van der Waals surface area contributed by atoms with Crippen molar-refractivity contribution in [2.45, 2.75) is 64.0 Å². The molecule has 8 rings (SSSR count). The predicted molar refractivity (Wildman–Crippen MR) is 186 cm³/mol. The molecule has 2 aliphatic heterocycles. The first-order chi connectivity index (χ1) is 22.9. The number of hydrogen-bond acceptors (Lipinski definition) is 6. The number of hydrogen-bond donors (Lipinski definition) is 4. The Bertz CT molecular complexity index is 1850. The lowest BCUT2D eigenvalue weighted by atomic mass is 9.87. The lowest BCUT2D eigenvalue weighted by molar-refractivity contribution is 0.590. The third kappa shape index (κ3) is 5.81. The van der Waals surface area contributed by atoms with E-state index >= 15 is 0 Å². The Balaban J connectivity index is 1.13. The molecule has 0 spiro atoms. The van der Waals surface area contributed by atoms with Gasteiger partial charge in [0.05, 0.1) is 35.9 Å². The van der Waals surface area contributed by atoms with Crippen LogP contribution >= 0.6 is 0 Å². The fraction of sp³-hybridized carbons (Fsp3) is 0.316. The first-order valence-corrected chi connectivity index (χ1v) is 16.8. The van der Waals surface area contributed by atoms with E-state index in [-0.39, 0.29) is 5.41 Å². The van der Waals surface area contributed by atoms with Crippen LogP contribution in [-0.2, 0) is 5.41 Å². The summed E-state index contributed by atoms with van der Waals surface area (Å²) in [7, 11) is 0. The highest BCUT2D eigenvalue weighted by Crippen LogP contribution is 2.33. The van der Waals surface area contributed by atoms with E-state index in [9.17, 15) is 0 Å². The van der Waals surface area contributed by atoms with Crippen molar-refractivity contribution in [1.29, 1.82) is 0 Å². The van der Waals surface area contributed by atoms with Gasteiger partial charge in [-0.05, 0) is 73.0 Å². The molecule has 9 heteroatoms. The van der Waals surface area contributed by atoms with Gasteiger partial charge in [0.25, 0.3) is 0 Å². The van der Waals surface area contributed by atoms with Crippen LogP contribution in [0, 0.1) is 0 Å². The fourth-order valence-corrected chi connectivity index (χ4v) is 6.77. The van der Waals surface area contributed by atoms with E-state index < -0.39 is 0 Å². The normalized spacial score (nSPS) is 18.3. The number of aromatic nitrogens is 7. The molecule has 9 nitrogen and oxygen atoms in total. The quantitative estimate of drug-likeness (QED) is 0.146. The number of aromatic amines is 2. The van der Waals surface area contributed by atoms with E-state index in [4.69, 9.17) is 10.2 Å². The average molecular weight is 624 g/mol. The van der Waals surface area contributed by atoms with Gasteiger partial charge in [-0.2, -0.15) is 0 Å². The van der Waals surface area contributed by atoms with Gasteiger partial charge in [-0.25, -0.2) is 9.97 Å². The van der Waals surface area contributed by atoms with Crippen LogP contribution in [0.1, 0.15) is 75.8 Å². The van der Waals surface area contributed by atoms with Gasteiger partial charge >= 0.3 is 0 Å². The summed E-state index contributed by atoms with van der Waals surface area (Å²) in [6, 6.07) is 26.4. The van der Waals surface area contributed by atoms with E-state index in [1.165, 1.54) is 18.4 Å². The number of imidazole rings is 2. The third-order valence-electron chi connectivity index (χ3n) is 9.53. The second-order valence-corrected chi connectivity index (χ2v) is 13.8. The van der Waals surface area contributed by atoms with Crippen molar-refractivity contribution in [3.05, 3.63) is 102 Å². The zero-order chi connectivity index (χ0) is 32.0. The first-order valence-electron chi connectivity index (χ1n) is 16.8. The highest BCUT2D eigenvalue weighted by Gasteiger charge is 2.22. The van der Waals surface area contributed by atoms with Crippen molar-refractivity contribution in [1.82, 2.24) is 45.3 Å². The first kappa shape index (κ1) is 29.5. The summed E-state index contributed by atoms with van der Waals surface area (Å²) in [6.45, 7) is 8.80. The Hall–Kier alpha value is -4.86. The molecule has 0 amide bonds. The van der Waals surface area contributed by atoms with E-state index in [2.05, 4.69) is 129 Å². The maximum absolute atomic E-state index is 4.76. The molecule has 3 aromatic heterocycles. The van der Waals surface area contributed by atoms with Crippen LogP contribution in [0.2, 0.25) is 0 Å². The van der Waals surface area contributed by atoms with E-state index in [1.807, 2.05) is 12.4 Å². The molecule has 3 aromatic carbocycles. The van der Waals surface area contributed by atoms with Crippen LogP contribution in [0.15, 0.2) is 85.2 Å². The minimum atomic E-state index is 0.0593. The van der Waals surface area contributed by atoms with E-state index in [1.54, 1.807) is 0 Å². The summed E-state index contributed by atoms with van der Waals surface area (Å²) in [4.78, 5) is 16.4. The second kappa shape index (κ2) is 12.1. The molecule has 0 radical (unpaired) electrons. The van der Waals surface area contributed by atoms with Crippen molar-refractivity contribution in [2.24, 2.45) is 0 Å². The van der Waals surface area contributed by atoms with E-state index in [0.29, 0.717) is 12.1 Å². The maximum Gasteiger partial charge on any atom is 0.168 e. The molecule has 5 heterocycles. The van der Waals surface area contributed by atoms with Crippen LogP contribution in [0.5, 0.6) is 0 Å². The number of H-pyrrole nitrogens is 2. The zero-order valence-corrected chi connectivity index (χ0v) is 27.2. The Kier molecular flexibility index (Phi) is 7.58. The number of nitrogens with zero attached hydrogens (tertiary/aromatic N) is 5. The van der Waals surface area contributed by atoms with Crippen molar-refractivity contribution in [3.8, 4) is 51.0 Å². The minimum absolute atomic E-state index is 0.0593. The molecule has 47 heavy (non-hydrogen) atoms. The van der Waals surface area contributed by atoms with Crippen LogP contribution in [0.3, 0.4) is 0 Å². The van der Waals surface area contributed by atoms with Crippen LogP contribution < -0.4 is 10.6 Å². The van der Waals surface area contributed by atoms with Crippen LogP contribution in [0.25, 0.3) is 51.0 Å². The molecule has 238 valence electrons. The molecule has 6 aromatic rings. The van der Waals surface area contributed by atoms with Crippen molar-refractivity contribution in [2.75, 3.05) is 13.1 Å². The van der Waals surface area contributed by atoms with E-state index in [0.717, 1.165) is 88.6 Å². The molecule has 0 bridgehead atoms. The summed E-state index contributed by atoms with van der Waals surface area (Å²) in [5.41, 5.74) is 8.56. The number of nitrogens with one attached hydrogen (secondary N) is 4. The largest absolute Gasteiger partial charge is 0.341 e. The molecular weight excluding hydrogens is 582 g/mol. The highest BCUT2D eigenvalue weighted by atomic mass is 15.3. The number of rotatable bonds is 7. The molecule has 2 unspecified atom stereocenters. The fourth-order valence-electron chi connectivity index (χ4n) is 6.77. The maximum atomic E-state index is 4.76. The molecule has 4 N–H and O–H groups in total. The summed E-state index contributed by atoms with van der Waals surface area (Å²) in [5, 5.41) is 16.6. The van der Waals surface area contributed by atoms with Crippen molar-refractivity contribution >= 4 is 0 Å². The lowest BCUT2D eigenvalue weighted by Gasteiger charge is -2.20. The number of benzene rings is 3. The Labute approximate surface area is 275 Å². The van der Waals surface area contributed by atoms with Gasteiger partial charge in [-0.1, -0.05) is 81.4 Å². The van der Waals surface area contributed by atoms with Crippen LogP contribution in [0.4, 0.5) is 0 Å². The third-order valence-corrected chi connectivity index (χ3v) is 9.53. The minimum Gasteiger partial charge on any atom is -0.341 e. The standard InChI is InChI=1S/C38H41N9/c1-38(2,3)28-16-18-29(19-17-28)47-36(26-12-8-24(9-13-26)32-22-41-34(43-32)30-6-4-20-39-30)45-46-37(47)27-14-10-25(11-15-27)33-23-42-35(44-33)31-7-5-21-40-31/h8-19,22-23,30-31,39-40H,4-7,20-21H2,1-3H3,(H,41,43)(H,42,44). The summed E-state index contributed by atoms with van der Waals surface area (Å²) in [6.07, 6.45) is 8.47. The van der Waals surface area contributed by atoms with Crippen molar-refractivity contribution < 1.29 is 0 Å².